The molecule has 1 saturated heterocycles. The molecule has 2 aromatic carbocycles. The zero-order valence-electron chi connectivity index (χ0n) is 13.2. The molecule has 0 bridgehead atoms. The van der Waals surface area contributed by atoms with Crippen molar-refractivity contribution in [3.63, 3.8) is 0 Å². The van der Waals surface area contributed by atoms with Gasteiger partial charge >= 0.3 is 0 Å². The Hall–Kier alpha value is -2.15. The number of carbonyl (C=O) groups excluding carboxylic acids is 2. The Kier molecular flexibility index (Phi) is 4.56. The molecule has 0 saturated carbocycles. The molecule has 0 aliphatic carbocycles. The van der Waals surface area contributed by atoms with Crippen LogP contribution in [0.3, 0.4) is 0 Å². The lowest BCUT2D eigenvalue weighted by Crippen LogP contribution is -2.27. The number of fused-ring (bicyclic) bond motifs is 1. The number of ether oxygens (including phenoxy) is 2. The minimum atomic E-state index is -0.358. The molecule has 0 atom stereocenters. The van der Waals surface area contributed by atoms with Crippen LogP contribution in [0.5, 0.6) is 11.5 Å². The lowest BCUT2D eigenvalue weighted by molar-refractivity contribution is -0.123. The monoisotopic (exact) mass is 407 g/mol. The summed E-state index contributed by atoms with van der Waals surface area (Å²) >= 11 is 13.0. The molecule has 0 aromatic heterocycles. The Balaban J connectivity index is 1.57. The van der Waals surface area contributed by atoms with Crippen LogP contribution in [-0.2, 0) is 11.3 Å². The number of nitrogens with zero attached hydrogens (tertiary/aromatic N) is 1. The van der Waals surface area contributed by atoms with Crippen molar-refractivity contribution in [1.82, 2.24) is 4.90 Å². The maximum Gasteiger partial charge on any atom is 0.293 e. The Morgan fingerprint density at radius 2 is 1.77 bits per heavy atom. The summed E-state index contributed by atoms with van der Waals surface area (Å²) in [6.45, 7) is 0.193. The van der Waals surface area contributed by atoms with Crippen molar-refractivity contribution in [3.8, 4) is 11.5 Å². The fourth-order valence-electron chi connectivity index (χ4n) is 2.60. The van der Waals surface area contributed by atoms with E-state index in [4.69, 9.17) is 32.7 Å². The standard InChI is InChI=1S/C18H11Cl2NO4S/c19-12-3-1-10(2-4-12)5-16-17(22)21(18(23)26-16)8-11-6-14-15(7-13(11)20)25-9-24-14/h1-7H,8-9H2/b16-5-. The van der Waals surface area contributed by atoms with E-state index in [-0.39, 0.29) is 24.5 Å². The van der Waals surface area contributed by atoms with Crippen molar-refractivity contribution in [3.05, 3.63) is 62.5 Å². The molecule has 2 aromatic rings. The molecule has 0 radical (unpaired) electrons. The molecule has 26 heavy (non-hydrogen) atoms. The second-order valence-corrected chi connectivity index (χ2v) is 7.45. The highest BCUT2D eigenvalue weighted by atomic mass is 35.5. The first-order chi connectivity index (χ1) is 12.5. The van der Waals surface area contributed by atoms with Gasteiger partial charge in [-0.2, -0.15) is 0 Å². The van der Waals surface area contributed by atoms with Crippen LogP contribution in [0.2, 0.25) is 10.0 Å². The number of hydrogen-bond donors (Lipinski definition) is 0. The Labute approximate surface area is 163 Å². The Morgan fingerprint density at radius 1 is 1.08 bits per heavy atom. The normalized spacial score (nSPS) is 17.5. The van der Waals surface area contributed by atoms with Crippen LogP contribution in [-0.4, -0.2) is 22.8 Å². The molecule has 0 spiro atoms. The fourth-order valence-corrected chi connectivity index (χ4v) is 3.78. The van der Waals surface area contributed by atoms with E-state index in [0.29, 0.717) is 32.0 Å². The lowest BCUT2D eigenvalue weighted by atomic mass is 10.1. The highest BCUT2D eigenvalue weighted by Gasteiger charge is 2.35. The van der Waals surface area contributed by atoms with Gasteiger partial charge in [0.05, 0.1) is 11.4 Å². The summed E-state index contributed by atoms with van der Waals surface area (Å²) in [6, 6.07) is 10.3. The lowest BCUT2D eigenvalue weighted by Gasteiger charge is -2.14. The highest BCUT2D eigenvalue weighted by molar-refractivity contribution is 8.18. The number of hydrogen-bond acceptors (Lipinski definition) is 5. The van der Waals surface area contributed by atoms with Crippen LogP contribution in [0, 0.1) is 0 Å². The molecular formula is C18H11Cl2NO4S. The minimum Gasteiger partial charge on any atom is -0.454 e. The molecule has 2 aliphatic rings. The van der Waals surface area contributed by atoms with E-state index in [9.17, 15) is 9.59 Å². The molecular weight excluding hydrogens is 397 g/mol. The zero-order chi connectivity index (χ0) is 18.3. The number of amides is 2. The second kappa shape index (κ2) is 6.87. The summed E-state index contributed by atoms with van der Waals surface area (Å²) in [4.78, 5) is 26.4. The van der Waals surface area contributed by atoms with Crippen LogP contribution < -0.4 is 9.47 Å². The molecule has 0 unspecified atom stereocenters. The van der Waals surface area contributed by atoms with Crippen molar-refractivity contribution in [2.75, 3.05) is 6.79 Å². The fraction of sp³-hybridized carbons (Fsp3) is 0.111. The molecule has 2 heterocycles. The van der Waals surface area contributed by atoms with Gasteiger partial charge in [0.1, 0.15) is 0 Å². The predicted octanol–water partition coefficient (Wildman–Crippen LogP) is 4.96. The maximum atomic E-state index is 12.6. The van der Waals surface area contributed by atoms with Crippen molar-refractivity contribution in [2.45, 2.75) is 6.54 Å². The third-order valence-electron chi connectivity index (χ3n) is 3.91. The van der Waals surface area contributed by atoms with Gasteiger partial charge in [0.25, 0.3) is 11.1 Å². The summed E-state index contributed by atoms with van der Waals surface area (Å²) in [6.07, 6.45) is 1.67. The number of rotatable bonds is 3. The van der Waals surface area contributed by atoms with E-state index in [2.05, 4.69) is 0 Å². The van der Waals surface area contributed by atoms with Gasteiger partial charge in [-0.1, -0.05) is 35.3 Å². The molecule has 1 fully saturated rings. The van der Waals surface area contributed by atoms with Crippen LogP contribution in [0.1, 0.15) is 11.1 Å². The van der Waals surface area contributed by atoms with Crippen molar-refractivity contribution in [2.24, 2.45) is 0 Å². The minimum absolute atomic E-state index is 0.0676. The third-order valence-corrected chi connectivity index (χ3v) is 5.42. The van der Waals surface area contributed by atoms with Gasteiger partial charge in [-0.05, 0) is 47.2 Å². The first-order valence-corrected chi connectivity index (χ1v) is 9.17. The number of halogens is 2. The van der Waals surface area contributed by atoms with E-state index >= 15 is 0 Å². The molecule has 5 nitrogen and oxygen atoms in total. The van der Waals surface area contributed by atoms with Crippen LogP contribution in [0.25, 0.3) is 6.08 Å². The zero-order valence-corrected chi connectivity index (χ0v) is 15.5. The number of imide groups is 1. The smallest absolute Gasteiger partial charge is 0.293 e. The molecule has 2 amide bonds. The first kappa shape index (κ1) is 17.3. The van der Waals surface area contributed by atoms with Gasteiger partial charge in [0, 0.05) is 16.1 Å². The van der Waals surface area contributed by atoms with Gasteiger partial charge in [0.15, 0.2) is 11.5 Å². The van der Waals surface area contributed by atoms with E-state index < -0.39 is 0 Å². The first-order valence-electron chi connectivity index (χ1n) is 7.60. The molecule has 8 heteroatoms. The van der Waals surface area contributed by atoms with Crippen LogP contribution in [0.4, 0.5) is 4.79 Å². The van der Waals surface area contributed by atoms with E-state index in [1.807, 2.05) is 0 Å². The maximum absolute atomic E-state index is 12.6. The van der Waals surface area contributed by atoms with Crippen molar-refractivity contribution in [1.29, 1.82) is 0 Å². The summed E-state index contributed by atoms with van der Waals surface area (Å²) in [5.41, 5.74) is 1.41. The van der Waals surface area contributed by atoms with Gasteiger partial charge in [-0.3, -0.25) is 14.5 Å². The van der Waals surface area contributed by atoms with Gasteiger partial charge in [0.2, 0.25) is 6.79 Å². The van der Waals surface area contributed by atoms with E-state index in [1.165, 1.54) is 0 Å². The Bertz CT molecular complexity index is 943. The average molecular weight is 408 g/mol. The number of carbonyl (C=O) groups is 2. The largest absolute Gasteiger partial charge is 0.454 e. The highest BCUT2D eigenvalue weighted by Crippen LogP contribution is 2.39. The Morgan fingerprint density at radius 3 is 2.50 bits per heavy atom. The number of benzene rings is 2. The molecule has 4 rings (SSSR count). The van der Waals surface area contributed by atoms with E-state index in [0.717, 1.165) is 22.2 Å². The van der Waals surface area contributed by atoms with Crippen LogP contribution in [0.15, 0.2) is 41.3 Å². The van der Waals surface area contributed by atoms with Gasteiger partial charge in [-0.15, -0.1) is 0 Å². The van der Waals surface area contributed by atoms with E-state index in [1.54, 1.807) is 42.5 Å². The van der Waals surface area contributed by atoms with Crippen molar-refractivity contribution < 1.29 is 19.1 Å². The van der Waals surface area contributed by atoms with Crippen LogP contribution >= 0.6 is 35.0 Å². The summed E-state index contributed by atoms with van der Waals surface area (Å²) in [7, 11) is 0. The van der Waals surface area contributed by atoms with Gasteiger partial charge < -0.3 is 9.47 Å². The summed E-state index contributed by atoms with van der Waals surface area (Å²) in [5.74, 6) is 0.743. The molecule has 2 aliphatic heterocycles. The van der Waals surface area contributed by atoms with Gasteiger partial charge in [-0.25, -0.2) is 0 Å². The SMILES string of the molecule is O=C1S/C(=C\c2ccc(Cl)cc2)C(=O)N1Cc1cc2c(cc1Cl)OCO2. The molecule has 0 N–H and O–H groups in total. The predicted molar refractivity (Wildman–Crippen MR) is 101 cm³/mol. The molecule has 132 valence electrons. The topological polar surface area (TPSA) is 55.8 Å². The quantitative estimate of drug-likeness (QED) is 0.672. The summed E-state index contributed by atoms with van der Waals surface area (Å²) < 4.78 is 10.6. The average Bonchev–Trinajstić information content (AvgIpc) is 3.16. The number of thioether (sulfide) groups is 1. The second-order valence-electron chi connectivity index (χ2n) is 5.62. The third kappa shape index (κ3) is 3.28. The van der Waals surface area contributed by atoms with Crippen molar-refractivity contribution >= 4 is 52.2 Å². The summed E-state index contributed by atoms with van der Waals surface area (Å²) in [5, 5.41) is 0.673.